The lowest BCUT2D eigenvalue weighted by Gasteiger charge is -2.58. The van der Waals surface area contributed by atoms with Gasteiger partial charge < -0.3 is 9.64 Å². The molecule has 1 aromatic rings. The van der Waals surface area contributed by atoms with E-state index in [-0.39, 0.29) is 23.5 Å². The van der Waals surface area contributed by atoms with Gasteiger partial charge in [-0.05, 0) is 39.2 Å². The molecule has 1 aliphatic rings. The SMILES string of the molecule is CCO[C@H]1C[C@@H](N(C)C(=O)c2ccnc(C)n2)C1(CC)CC. The maximum Gasteiger partial charge on any atom is 0.272 e. The average Bonchev–Trinajstić information content (AvgIpc) is 2.51. The van der Waals surface area contributed by atoms with E-state index in [1.54, 1.807) is 19.2 Å². The van der Waals surface area contributed by atoms with Gasteiger partial charge >= 0.3 is 0 Å². The van der Waals surface area contributed by atoms with Crippen molar-refractivity contribution >= 4 is 5.91 Å². The first kappa shape index (κ1) is 16.9. The number of aryl methyl sites for hydroxylation is 1. The zero-order valence-electron chi connectivity index (χ0n) is 14.3. The minimum absolute atomic E-state index is 0.0308. The second-order valence-electron chi connectivity index (χ2n) is 6.04. The second-order valence-corrected chi connectivity index (χ2v) is 6.04. The molecule has 1 amide bonds. The van der Waals surface area contributed by atoms with Crippen molar-refractivity contribution in [2.24, 2.45) is 5.41 Å². The Balaban J connectivity index is 2.18. The van der Waals surface area contributed by atoms with Crippen LogP contribution in [-0.4, -0.2) is 46.6 Å². The molecule has 0 bridgehead atoms. The van der Waals surface area contributed by atoms with Gasteiger partial charge in [-0.2, -0.15) is 0 Å². The van der Waals surface area contributed by atoms with Crippen molar-refractivity contribution in [3.8, 4) is 0 Å². The summed E-state index contributed by atoms with van der Waals surface area (Å²) in [5, 5.41) is 0. The van der Waals surface area contributed by atoms with Gasteiger partial charge in [-0.25, -0.2) is 9.97 Å². The van der Waals surface area contributed by atoms with Gasteiger partial charge in [-0.3, -0.25) is 4.79 Å². The van der Waals surface area contributed by atoms with Crippen molar-refractivity contribution < 1.29 is 9.53 Å². The fourth-order valence-electron chi connectivity index (χ4n) is 3.78. The van der Waals surface area contributed by atoms with Gasteiger partial charge in [-0.15, -0.1) is 0 Å². The first-order chi connectivity index (χ1) is 10.5. The quantitative estimate of drug-likeness (QED) is 0.811. The largest absolute Gasteiger partial charge is 0.378 e. The number of ether oxygens (including phenoxy) is 1. The topological polar surface area (TPSA) is 55.3 Å². The molecule has 1 heterocycles. The molecule has 5 heteroatoms. The van der Waals surface area contributed by atoms with E-state index in [4.69, 9.17) is 4.74 Å². The Bertz CT molecular complexity index is 528. The lowest BCUT2D eigenvalue weighted by Crippen LogP contribution is -2.64. The van der Waals surface area contributed by atoms with Crippen LogP contribution in [0, 0.1) is 12.3 Å². The third-order valence-electron chi connectivity index (χ3n) is 5.21. The summed E-state index contributed by atoms with van der Waals surface area (Å²) >= 11 is 0. The number of carbonyl (C=O) groups is 1. The van der Waals surface area contributed by atoms with Gasteiger partial charge in [0.1, 0.15) is 11.5 Å². The highest BCUT2D eigenvalue weighted by atomic mass is 16.5. The lowest BCUT2D eigenvalue weighted by atomic mass is 9.58. The van der Waals surface area contributed by atoms with Gasteiger partial charge in [0.15, 0.2) is 0 Å². The number of hydrogen-bond donors (Lipinski definition) is 0. The molecule has 1 aliphatic carbocycles. The van der Waals surface area contributed by atoms with Crippen LogP contribution in [0.4, 0.5) is 0 Å². The molecule has 0 aliphatic heterocycles. The average molecular weight is 305 g/mol. The molecule has 0 aromatic carbocycles. The van der Waals surface area contributed by atoms with Crippen molar-refractivity contribution in [2.45, 2.75) is 59.1 Å². The van der Waals surface area contributed by atoms with Gasteiger partial charge in [0.25, 0.3) is 5.91 Å². The van der Waals surface area contributed by atoms with Gasteiger partial charge in [0.2, 0.25) is 0 Å². The van der Waals surface area contributed by atoms with Crippen LogP contribution in [0.25, 0.3) is 0 Å². The Morgan fingerprint density at radius 2 is 2.09 bits per heavy atom. The van der Waals surface area contributed by atoms with E-state index in [9.17, 15) is 4.79 Å². The van der Waals surface area contributed by atoms with Crippen molar-refractivity contribution in [3.63, 3.8) is 0 Å². The Morgan fingerprint density at radius 3 is 2.64 bits per heavy atom. The van der Waals surface area contributed by atoms with Crippen LogP contribution >= 0.6 is 0 Å². The molecule has 0 spiro atoms. The predicted molar refractivity (Wildman–Crippen MR) is 85.7 cm³/mol. The van der Waals surface area contributed by atoms with E-state index in [1.165, 1.54) is 0 Å². The Labute approximate surface area is 133 Å². The van der Waals surface area contributed by atoms with E-state index in [2.05, 4.69) is 23.8 Å². The van der Waals surface area contributed by atoms with Crippen molar-refractivity contribution in [2.75, 3.05) is 13.7 Å². The van der Waals surface area contributed by atoms with Gasteiger partial charge in [0.05, 0.1) is 6.10 Å². The van der Waals surface area contributed by atoms with Crippen LogP contribution in [-0.2, 0) is 4.74 Å². The molecule has 1 fully saturated rings. The maximum atomic E-state index is 12.7. The minimum Gasteiger partial charge on any atom is -0.378 e. The third kappa shape index (κ3) is 2.74. The zero-order chi connectivity index (χ0) is 16.3. The molecule has 1 saturated carbocycles. The van der Waals surface area contributed by atoms with Crippen LogP contribution in [0.3, 0.4) is 0 Å². The third-order valence-corrected chi connectivity index (χ3v) is 5.21. The van der Waals surface area contributed by atoms with Gasteiger partial charge in [0, 0.05) is 31.3 Å². The molecule has 5 nitrogen and oxygen atoms in total. The molecule has 0 radical (unpaired) electrons. The molecule has 0 saturated heterocycles. The van der Waals surface area contributed by atoms with Crippen LogP contribution in [0.15, 0.2) is 12.3 Å². The van der Waals surface area contributed by atoms with Crippen molar-refractivity contribution in [3.05, 3.63) is 23.8 Å². The van der Waals surface area contributed by atoms with E-state index in [0.717, 1.165) is 25.9 Å². The smallest absolute Gasteiger partial charge is 0.272 e. The summed E-state index contributed by atoms with van der Waals surface area (Å²) in [6, 6.07) is 1.89. The summed E-state index contributed by atoms with van der Waals surface area (Å²) in [7, 11) is 1.88. The number of amides is 1. The highest BCUT2D eigenvalue weighted by Crippen LogP contribution is 2.51. The fraction of sp³-hybridized carbons (Fsp3) is 0.706. The molecular weight excluding hydrogens is 278 g/mol. The first-order valence-electron chi connectivity index (χ1n) is 8.18. The molecule has 2 atom stereocenters. The molecule has 22 heavy (non-hydrogen) atoms. The van der Waals surface area contributed by atoms with Gasteiger partial charge in [-0.1, -0.05) is 13.8 Å². The lowest BCUT2D eigenvalue weighted by molar-refractivity contribution is -0.159. The fourth-order valence-corrected chi connectivity index (χ4v) is 3.78. The highest BCUT2D eigenvalue weighted by molar-refractivity contribution is 5.92. The number of rotatable bonds is 6. The predicted octanol–water partition coefficient (Wildman–Crippen LogP) is 2.84. The highest BCUT2D eigenvalue weighted by Gasteiger charge is 2.55. The molecule has 1 aromatic heterocycles. The summed E-state index contributed by atoms with van der Waals surface area (Å²) in [6.07, 6.45) is 4.82. The van der Waals surface area contributed by atoms with Crippen LogP contribution in [0.5, 0.6) is 0 Å². The minimum atomic E-state index is -0.0308. The summed E-state index contributed by atoms with van der Waals surface area (Å²) in [6.45, 7) is 8.93. The number of nitrogens with zero attached hydrogens (tertiary/aromatic N) is 3. The monoisotopic (exact) mass is 305 g/mol. The molecule has 2 rings (SSSR count). The van der Waals surface area contributed by atoms with Crippen molar-refractivity contribution in [1.82, 2.24) is 14.9 Å². The second kappa shape index (κ2) is 6.73. The Kier molecular flexibility index (Phi) is 5.16. The van der Waals surface area contributed by atoms with Crippen LogP contribution in [0.1, 0.15) is 56.3 Å². The van der Waals surface area contributed by atoms with E-state index in [1.807, 2.05) is 18.9 Å². The molecular formula is C17H27N3O2. The zero-order valence-corrected chi connectivity index (χ0v) is 14.3. The first-order valence-corrected chi connectivity index (χ1v) is 8.18. The van der Waals surface area contributed by atoms with E-state index < -0.39 is 0 Å². The van der Waals surface area contributed by atoms with Crippen LogP contribution < -0.4 is 0 Å². The van der Waals surface area contributed by atoms with E-state index in [0.29, 0.717) is 11.5 Å². The summed E-state index contributed by atoms with van der Waals surface area (Å²) in [5.74, 6) is 0.592. The van der Waals surface area contributed by atoms with E-state index >= 15 is 0 Å². The van der Waals surface area contributed by atoms with Crippen LogP contribution in [0.2, 0.25) is 0 Å². The Morgan fingerprint density at radius 1 is 1.41 bits per heavy atom. The van der Waals surface area contributed by atoms with Crippen molar-refractivity contribution in [1.29, 1.82) is 0 Å². The summed E-state index contributed by atoms with van der Waals surface area (Å²) in [5.41, 5.74) is 0.527. The standard InChI is InChI=1S/C17H27N3O2/c1-6-17(7-2)14(11-15(17)22-8-3)20(5)16(21)13-9-10-18-12(4)19-13/h9-10,14-15H,6-8,11H2,1-5H3/t14-,15+/m1/s1. The number of carbonyl (C=O) groups excluding carboxylic acids is 1. The summed E-state index contributed by atoms with van der Waals surface area (Å²) < 4.78 is 5.90. The maximum absolute atomic E-state index is 12.7. The number of aromatic nitrogens is 2. The molecule has 122 valence electrons. The normalized spacial score (nSPS) is 23.0. The molecule has 0 N–H and O–H groups in total. The summed E-state index contributed by atoms with van der Waals surface area (Å²) in [4.78, 5) is 22.9. The molecule has 0 unspecified atom stereocenters. The Hall–Kier alpha value is -1.49. The number of hydrogen-bond acceptors (Lipinski definition) is 4.